The zero-order valence-electron chi connectivity index (χ0n) is 5.11. The molecule has 0 aromatic rings. The summed E-state index contributed by atoms with van der Waals surface area (Å²) in [6, 6.07) is 0. The first-order valence-corrected chi connectivity index (χ1v) is 4.29. The Labute approximate surface area is 69.1 Å². The highest BCUT2D eigenvalue weighted by atomic mass is 79.9. The molecule has 9 heavy (non-hydrogen) atoms. The molecule has 0 bridgehead atoms. The third-order valence-electron chi connectivity index (χ3n) is 1.63. The number of hydrogen-bond acceptors (Lipinski definition) is 1. The molecular formula is C6H10BrClN. The summed E-state index contributed by atoms with van der Waals surface area (Å²) in [5, 5.41) is 0.0613. The van der Waals surface area contributed by atoms with Gasteiger partial charge >= 0.3 is 0 Å². The molecule has 0 aliphatic heterocycles. The molecule has 2 atom stereocenters. The van der Waals surface area contributed by atoms with Crippen molar-refractivity contribution in [3.8, 4) is 0 Å². The predicted octanol–water partition coefficient (Wildman–Crippen LogP) is 2.03. The van der Waals surface area contributed by atoms with E-state index in [0.29, 0.717) is 0 Å². The van der Waals surface area contributed by atoms with E-state index in [1.54, 1.807) is 0 Å². The van der Waals surface area contributed by atoms with Crippen LogP contribution in [0.3, 0.4) is 0 Å². The number of halogens is 2. The summed E-state index contributed by atoms with van der Waals surface area (Å²) in [5.74, 6) is 0. The van der Waals surface area contributed by atoms with Crippen LogP contribution in [0.4, 0.5) is 0 Å². The molecule has 53 valence electrons. The van der Waals surface area contributed by atoms with Gasteiger partial charge in [0.1, 0.15) is 0 Å². The molecule has 0 aromatic carbocycles. The lowest BCUT2D eigenvalue weighted by molar-refractivity contribution is 0.482. The van der Waals surface area contributed by atoms with Crippen LogP contribution in [0.2, 0.25) is 0 Å². The van der Waals surface area contributed by atoms with E-state index in [0.717, 1.165) is 19.3 Å². The maximum atomic E-state index is 5.91. The van der Waals surface area contributed by atoms with Gasteiger partial charge in [0.2, 0.25) is 0 Å². The van der Waals surface area contributed by atoms with Crippen LogP contribution in [-0.2, 0) is 0 Å². The van der Waals surface area contributed by atoms with E-state index in [1.165, 1.54) is 0 Å². The SMILES string of the molecule is N[C@@]1(Br)CC[CH]C[C@@H]1Cl. The number of hydrogen-bond donors (Lipinski definition) is 1. The zero-order chi connectivity index (χ0) is 6.91. The van der Waals surface area contributed by atoms with Crippen molar-refractivity contribution in [3.63, 3.8) is 0 Å². The molecule has 3 heteroatoms. The molecule has 0 aromatic heterocycles. The van der Waals surface area contributed by atoms with Gasteiger partial charge in [0.15, 0.2) is 0 Å². The molecule has 0 spiro atoms. The Morgan fingerprint density at radius 1 is 1.78 bits per heavy atom. The van der Waals surface area contributed by atoms with Crippen molar-refractivity contribution >= 4 is 27.5 Å². The van der Waals surface area contributed by atoms with Crippen LogP contribution < -0.4 is 5.73 Å². The monoisotopic (exact) mass is 210 g/mol. The van der Waals surface area contributed by atoms with Gasteiger partial charge in [-0.1, -0.05) is 15.9 Å². The maximum Gasteiger partial charge on any atom is 0.0882 e. The molecule has 1 rings (SSSR count). The summed E-state index contributed by atoms with van der Waals surface area (Å²) in [7, 11) is 0. The Kier molecular flexibility index (Phi) is 2.41. The zero-order valence-corrected chi connectivity index (χ0v) is 7.45. The second kappa shape index (κ2) is 2.77. The van der Waals surface area contributed by atoms with Gasteiger partial charge in [-0.2, -0.15) is 0 Å². The van der Waals surface area contributed by atoms with Crippen molar-refractivity contribution in [2.24, 2.45) is 5.73 Å². The molecule has 0 saturated heterocycles. The van der Waals surface area contributed by atoms with Crippen molar-refractivity contribution in [1.29, 1.82) is 0 Å². The molecule has 1 saturated carbocycles. The maximum absolute atomic E-state index is 5.91. The topological polar surface area (TPSA) is 26.0 Å². The highest BCUT2D eigenvalue weighted by Gasteiger charge is 2.32. The van der Waals surface area contributed by atoms with E-state index in [2.05, 4.69) is 22.4 Å². The van der Waals surface area contributed by atoms with Crippen molar-refractivity contribution in [2.45, 2.75) is 29.1 Å². The van der Waals surface area contributed by atoms with E-state index >= 15 is 0 Å². The number of nitrogens with two attached hydrogens (primary N) is 1. The van der Waals surface area contributed by atoms with Crippen LogP contribution >= 0.6 is 27.5 Å². The van der Waals surface area contributed by atoms with Crippen LogP contribution in [0.25, 0.3) is 0 Å². The number of alkyl halides is 2. The fourth-order valence-electron chi connectivity index (χ4n) is 0.940. The molecule has 1 aliphatic carbocycles. The van der Waals surface area contributed by atoms with Gasteiger partial charge in [-0.15, -0.1) is 11.6 Å². The van der Waals surface area contributed by atoms with E-state index in [1.807, 2.05) is 0 Å². The lowest BCUT2D eigenvalue weighted by atomic mass is 9.96. The largest absolute Gasteiger partial charge is 0.315 e. The van der Waals surface area contributed by atoms with Crippen LogP contribution in [0.1, 0.15) is 19.3 Å². The minimum atomic E-state index is -0.316. The quantitative estimate of drug-likeness (QED) is 0.482. The molecule has 0 heterocycles. The van der Waals surface area contributed by atoms with Gasteiger partial charge in [-0.05, 0) is 25.7 Å². The summed E-state index contributed by atoms with van der Waals surface area (Å²) in [4.78, 5) is 0. The third-order valence-corrected chi connectivity index (χ3v) is 3.41. The Bertz CT molecular complexity index is 105. The summed E-state index contributed by atoms with van der Waals surface area (Å²) in [6.07, 6.45) is 5.12. The standard InChI is InChI=1S/C6H10BrClN/c7-6(9)4-2-1-3-5(6)8/h1,5H,2-4,9H2/t5-,6-/m0/s1. The fraction of sp³-hybridized carbons (Fsp3) is 0.833. The van der Waals surface area contributed by atoms with E-state index < -0.39 is 0 Å². The number of rotatable bonds is 0. The first kappa shape index (κ1) is 7.83. The average Bonchev–Trinajstić information content (AvgIpc) is 1.77. The van der Waals surface area contributed by atoms with Gasteiger partial charge in [0, 0.05) is 0 Å². The highest BCUT2D eigenvalue weighted by molar-refractivity contribution is 9.10. The Morgan fingerprint density at radius 2 is 2.44 bits per heavy atom. The summed E-state index contributed by atoms with van der Waals surface area (Å²) in [6.45, 7) is 0. The van der Waals surface area contributed by atoms with Crippen molar-refractivity contribution in [1.82, 2.24) is 0 Å². The van der Waals surface area contributed by atoms with Crippen molar-refractivity contribution in [2.75, 3.05) is 0 Å². The smallest absolute Gasteiger partial charge is 0.0882 e. The van der Waals surface area contributed by atoms with Gasteiger partial charge in [-0.25, -0.2) is 0 Å². The van der Waals surface area contributed by atoms with Crippen LogP contribution in [0, 0.1) is 6.42 Å². The van der Waals surface area contributed by atoms with Gasteiger partial charge < -0.3 is 5.73 Å². The summed E-state index contributed by atoms with van der Waals surface area (Å²) in [5.41, 5.74) is 5.79. The first-order valence-electron chi connectivity index (χ1n) is 3.06. The molecule has 2 N–H and O–H groups in total. The Morgan fingerprint density at radius 3 is 2.78 bits per heavy atom. The van der Waals surface area contributed by atoms with Crippen LogP contribution in [0.5, 0.6) is 0 Å². The van der Waals surface area contributed by atoms with Gasteiger partial charge in [-0.3, -0.25) is 0 Å². The molecule has 0 unspecified atom stereocenters. The molecular weight excluding hydrogens is 201 g/mol. The van der Waals surface area contributed by atoms with Crippen LogP contribution in [0.15, 0.2) is 0 Å². The summed E-state index contributed by atoms with van der Waals surface area (Å²) >= 11 is 9.29. The Balaban J connectivity index is 2.49. The lowest BCUT2D eigenvalue weighted by Crippen LogP contribution is -2.44. The molecule has 1 nitrogen and oxygen atoms in total. The van der Waals surface area contributed by atoms with E-state index in [9.17, 15) is 0 Å². The molecule has 1 fully saturated rings. The van der Waals surface area contributed by atoms with E-state index in [4.69, 9.17) is 17.3 Å². The van der Waals surface area contributed by atoms with Crippen LogP contribution in [-0.4, -0.2) is 9.83 Å². The average molecular weight is 212 g/mol. The third kappa shape index (κ3) is 1.82. The van der Waals surface area contributed by atoms with E-state index in [-0.39, 0.29) is 9.83 Å². The second-order valence-corrected chi connectivity index (χ2v) is 4.46. The highest BCUT2D eigenvalue weighted by Crippen LogP contribution is 2.34. The van der Waals surface area contributed by atoms with Gasteiger partial charge in [0.05, 0.1) is 9.83 Å². The molecule has 0 amide bonds. The minimum absolute atomic E-state index is 0.0613. The molecule has 1 radical (unpaired) electrons. The van der Waals surface area contributed by atoms with Crippen molar-refractivity contribution < 1.29 is 0 Å². The fourth-order valence-corrected chi connectivity index (χ4v) is 1.59. The minimum Gasteiger partial charge on any atom is -0.315 e. The second-order valence-electron chi connectivity index (χ2n) is 2.46. The lowest BCUT2D eigenvalue weighted by Gasteiger charge is -2.31. The Hall–Kier alpha value is 0.730. The summed E-state index contributed by atoms with van der Waals surface area (Å²) < 4.78 is -0.316. The normalized spacial score (nSPS) is 45.0. The molecule has 1 aliphatic rings. The van der Waals surface area contributed by atoms with Crippen molar-refractivity contribution in [3.05, 3.63) is 6.42 Å². The van der Waals surface area contributed by atoms with Gasteiger partial charge in [0.25, 0.3) is 0 Å². The first-order chi connectivity index (χ1) is 4.13. The predicted molar refractivity (Wildman–Crippen MR) is 43.6 cm³/mol.